The van der Waals surface area contributed by atoms with Crippen molar-refractivity contribution in [3.8, 4) is 5.75 Å². The van der Waals surface area contributed by atoms with Gasteiger partial charge in [0, 0.05) is 19.1 Å². The quantitative estimate of drug-likeness (QED) is 0.852. The Bertz CT molecular complexity index is 336. The summed E-state index contributed by atoms with van der Waals surface area (Å²) in [4.78, 5) is 0. The van der Waals surface area contributed by atoms with Gasteiger partial charge in [0.2, 0.25) is 0 Å². The van der Waals surface area contributed by atoms with E-state index in [-0.39, 0.29) is 5.82 Å². The largest absolute Gasteiger partial charge is 0.493 e. The summed E-state index contributed by atoms with van der Waals surface area (Å²) in [5, 5.41) is 0. The Labute approximate surface area is 101 Å². The lowest BCUT2D eigenvalue weighted by molar-refractivity contribution is 0.150. The lowest BCUT2D eigenvalue weighted by atomic mass is 9.92. The van der Waals surface area contributed by atoms with Crippen molar-refractivity contribution in [3.05, 3.63) is 30.1 Å². The van der Waals surface area contributed by atoms with Crippen molar-refractivity contribution < 1.29 is 13.9 Å². The van der Waals surface area contributed by atoms with E-state index in [2.05, 4.69) is 0 Å². The highest BCUT2D eigenvalue weighted by molar-refractivity contribution is 5.22. The van der Waals surface area contributed by atoms with Crippen LogP contribution in [0.15, 0.2) is 24.3 Å². The van der Waals surface area contributed by atoms with Gasteiger partial charge >= 0.3 is 0 Å². The zero-order valence-electron chi connectivity index (χ0n) is 9.77. The van der Waals surface area contributed by atoms with Gasteiger partial charge in [0.25, 0.3) is 0 Å². The van der Waals surface area contributed by atoms with Crippen LogP contribution in [0.25, 0.3) is 0 Å². The van der Waals surface area contributed by atoms with Gasteiger partial charge in [0.1, 0.15) is 11.6 Å². The topological polar surface area (TPSA) is 44.5 Å². The molecule has 0 bridgehead atoms. The van der Waals surface area contributed by atoms with Crippen LogP contribution in [-0.2, 0) is 4.74 Å². The van der Waals surface area contributed by atoms with Crippen LogP contribution in [0.3, 0.4) is 0 Å². The molecule has 2 N–H and O–H groups in total. The van der Waals surface area contributed by atoms with E-state index in [4.69, 9.17) is 15.2 Å². The summed E-state index contributed by atoms with van der Waals surface area (Å²) < 4.78 is 23.7. The second-order valence-corrected chi connectivity index (χ2v) is 4.38. The molecular weight excluding hydrogens is 221 g/mol. The van der Waals surface area contributed by atoms with Gasteiger partial charge in [-0.3, -0.25) is 0 Å². The maximum absolute atomic E-state index is 12.7. The van der Waals surface area contributed by atoms with Gasteiger partial charge in [-0.1, -0.05) is 0 Å². The zero-order chi connectivity index (χ0) is 12.1. The molecule has 2 atom stereocenters. The Morgan fingerprint density at radius 2 is 2.18 bits per heavy atom. The summed E-state index contributed by atoms with van der Waals surface area (Å²) in [6, 6.07) is 6.05. The SMILES string of the molecule is NCC(COc1ccc(F)cc1)C1CCOC1. The van der Waals surface area contributed by atoms with Crippen LogP contribution in [0.5, 0.6) is 5.75 Å². The first-order chi connectivity index (χ1) is 8.29. The number of benzene rings is 1. The van der Waals surface area contributed by atoms with E-state index in [1.54, 1.807) is 12.1 Å². The van der Waals surface area contributed by atoms with Crippen molar-refractivity contribution >= 4 is 0 Å². The maximum atomic E-state index is 12.7. The van der Waals surface area contributed by atoms with Crippen LogP contribution in [0.4, 0.5) is 4.39 Å². The molecule has 0 saturated carbocycles. The molecule has 1 aliphatic heterocycles. The third-order valence-electron chi connectivity index (χ3n) is 3.21. The Morgan fingerprint density at radius 3 is 2.76 bits per heavy atom. The van der Waals surface area contributed by atoms with Crippen molar-refractivity contribution in [1.82, 2.24) is 0 Å². The van der Waals surface area contributed by atoms with Gasteiger partial charge in [0.05, 0.1) is 6.61 Å². The summed E-state index contributed by atoms with van der Waals surface area (Å²) in [5.74, 6) is 1.23. The highest BCUT2D eigenvalue weighted by Crippen LogP contribution is 2.22. The Hall–Kier alpha value is -1.13. The zero-order valence-corrected chi connectivity index (χ0v) is 9.77. The molecule has 0 aliphatic carbocycles. The van der Waals surface area contributed by atoms with Gasteiger partial charge in [-0.15, -0.1) is 0 Å². The van der Waals surface area contributed by atoms with Crippen LogP contribution in [0.2, 0.25) is 0 Å². The number of hydrogen-bond donors (Lipinski definition) is 1. The van der Waals surface area contributed by atoms with E-state index in [0.717, 1.165) is 19.6 Å². The normalized spacial score (nSPS) is 21.4. The van der Waals surface area contributed by atoms with Crippen LogP contribution >= 0.6 is 0 Å². The van der Waals surface area contributed by atoms with Crippen LogP contribution < -0.4 is 10.5 Å². The van der Waals surface area contributed by atoms with E-state index in [1.165, 1.54) is 12.1 Å². The summed E-state index contributed by atoms with van der Waals surface area (Å²) in [6.45, 7) is 2.75. The van der Waals surface area contributed by atoms with Gasteiger partial charge in [0.15, 0.2) is 0 Å². The Kier molecular flexibility index (Phi) is 4.34. The minimum atomic E-state index is -0.253. The fourth-order valence-electron chi connectivity index (χ4n) is 2.06. The minimum absolute atomic E-state index is 0.253. The second-order valence-electron chi connectivity index (χ2n) is 4.38. The van der Waals surface area contributed by atoms with Gasteiger partial charge in [-0.25, -0.2) is 4.39 Å². The van der Waals surface area contributed by atoms with Crippen LogP contribution in [0.1, 0.15) is 6.42 Å². The monoisotopic (exact) mass is 239 g/mol. The summed E-state index contributed by atoms with van der Waals surface area (Å²) in [5.41, 5.74) is 5.75. The minimum Gasteiger partial charge on any atom is -0.493 e. The smallest absolute Gasteiger partial charge is 0.123 e. The predicted octanol–water partition coefficient (Wildman–Crippen LogP) is 1.82. The molecule has 1 aliphatic rings. The number of halogens is 1. The first-order valence-corrected chi connectivity index (χ1v) is 5.96. The highest BCUT2D eigenvalue weighted by Gasteiger charge is 2.25. The number of ether oxygens (including phenoxy) is 2. The van der Waals surface area contributed by atoms with E-state index >= 15 is 0 Å². The fourth-order valence-corrected chi connectivity index (χ4v) is 2.06. The molecule has 17 heavy (non-hydrogen) atoms. The molecule has 3 nitrogen and oxygen atoms in total. The third-order valence-corrected chi connectivity index (χ3v) is 3.21. The molecule has 0 radical (unpaired) electrons. The van der Waals surface area contributed by atoms with Gasteiger partial charge in [-0.05, 0) is 43.1 Å². The number of rotatable bonds is 5. The van der Waals surface area contributed by atoms with Crippen molar-refractivity contribution in [1.29, 1.82) is 0 Å². The molecule has 1 aromatic carbocycles. The van der Waals surface area contributed by atoms with Crippen LogP contribution in [-0.4, -0.2) is 26.4 Å². The standard InChI is InChI=1S/C13H18FNO2/c14-12-1-3-13(4-2-12)17-9-11(7-15)10-5-6-16-8-10/h1-4,10-11H,5-9,15H2. The van der Waals surface area contributed by atoms with Crippen molar-refractivity contribution in [2.75, 3.05) is 26.4 Å². The fraction of sp³-hybridized carbons (Fsp3) is 0.538. The lowest BCUT2D eigenvalue weighted by Gasteiger charge is -2.20. The Morgan fingerprint density at radius 1 is 1.41 bits per heavy atom. The predicted molar refractivity (Wildman–Crippen MR) is 63.4 cm³/mol. The van der Waals surface area contributed by atoms with E-state index in [1.807, 2.05) is 0 Å². The molecule has 0 aromatic heterocycles. The maximum Gasteiger partial charge on any atom is 0.123 e. The third kappa shape index (κ3) is 3.41. The number of nitrogens with two attached hydrogens (primary N) is 1. The molecule has 4 heteroatoms. The molecular formula is C13H18FNO2. The van der Waals surface area contributed by atoms with Gasteiger partial charge < -0.3 is 15.2 Å². The van der Waals surface area contributed by atoms with E-state index in [0.29, 0.717) is 30.7 Å². The molecule has 1 aromatic rings. The average molecular weight is 239 g/mol. The number of hydrogen-bond acceptors (Lipinski definition) is 3. The second kappa shape index (κ2) is 5.98. The summed E-state index contributed by atoms with van der Waals surface area (Å²) >= 11 is 0. The summed E-state index contributed by atoms with van der Waals surface area (Å²) in [7, 11) is 0. The van der Waals surface area contributed by atoms with E-state index < -0.39 is 0 Å². The van der Waals surface area contributed by atoms with E-state index in [9.17, 15) is 4.39 Å². The molecule has 2 unspecified atom stereocenters. The van der Waals surface area contributed by atoms with Crippen molar-refractivity contribution in [2.24, 2.45) is 17.6 Å². The molecule has 1 fully saturated rings. The molecule has 1 saturated heterocycles. The Balaban J connectivity index is 1.84. The summed E-state index contributed by atoms with van der Waals surface area (Å²) in [6.07, 6.45) is 1.05. The first kappa shape index (κ1) is 12.3. The molecule has 0 spiro atoms. The van der Waals surface area contributed by atoms with Crippen molar-refractivity contribution in [2.45, 2.75) is 6.42 Å². The van der Waals surface area contributed by atoms with Gasteiger partial charge in [-0.2, -0.15) is 0 Å². The molecule has 94 valence electrons. The molecule has 0 amide bonds. The highest BCUT2D eigenvalue weighted by atomic mass is 19.1. The van der Waals surface area contributed by atoms with Crippen LogP contribution in [0, 0.1) is 17.7 Å². The molecule has 1 heterocycles. The molecule has 2 rings (SSSR count). The average Bonchev–Trinajstić information content (AvgIpc) is 2.86. The van der Waals surface area contributed by atoms with Crippen molar-refractivity contribution in [3.63, 3.8) is 0 Å². The lowest BCUT2D eigenvalue weighted by Crippen LogP contribution is -2.29. The first-order valence-electron chi connectivity index (χ1n) is 5.96.